The summed E-state index contributed by atoms with van der Waals surface area (Å²) in [4.78, 5) is 28.3. The van der Waals surface area contributed by atoms with E-state index in [1.54, 1.807) is 53.8 Å². The smallest absolute Gasteiger partial charge is 0.408 e. The Morgan fingerprint density at radius 2 is 2.03 bits per heavy atom. The third kappa shape index (κ3) is 6.46. The van der Waals surface area contributed by atoms with Gasteiger partial charge in [-0.15, -0.1) is 0 Å². The molecule has 1 unspecified atom stereocenters. The number of carbonyl (C=O) groups excluding carboxylic acids is 1. The monoisotopic (exact) mass is 429 g/mol. The summed E-state index contributed by atoms with van der Waals surface area (Å²) in [6.45, 7) is 8.71. The Balaban J connectivity index is 2.28. The third-order valence-electron chi connectivity index (χ3n) is 4.14. The van der Waals surface area contributed by atoms with Crippen molar-refractivity contribution in [2.75, 3.05) is 12.4 Å². The van der Waals surface area contributed by atoms with E-state index in [4.69, 9.17) is 10.5 Å². The highest BCUT2D eigenvalue weighted by atomic mass is 19.1. The summed E-state index contributed by atoms with van der Waals surface area (Å²) in [6, 6.07) is 2.83. The van der Waals surface area contributed by atoms with Gasteiger partial charge in [-0.3, -0.25) is 4.99 Å². The van der Waals surface area contributed by atoms with Crippen molar-refractivity contribution < 1.29 is 13.9 Å². The van der Waals surface area contributed by atoms with Gasteiger partial charge in [-0.25, -0.2) is 19.2 Å². The molecule has 0 bridgehead atoms. The lowest BCUT2D eigenvalue weighted by atomic mass is 9.98. The zero-order valence-corrected chi connectivity index (χ0v) is 18.5. The number of amides is 1. The molecule has 0 saturated heterocycles. The topological polar surface area (TPSA) is 127 Å². The second kappa shape index (κ2) is 9.96. The van der Waals surface area contributed by atoms with Gasteiger partial charge in [-0.05, 0) is 51.8 Å². The number of carbonyl (C=O) groups is 1. The van der Waals surface area contributed by atoms with Crippen LogP contribution < -0.4 is 16.4 Å². The van der Waals surface area contributed by atoms with Crippen LogP contribution in [0.4, 0.5) is 15.1 Å². The number of aliphatic imine (C=N–C) groups is 1. The van der Waals surface area contributed by atoms with Crippen molar-refractivity contribution in [3.63, 3.8) is 0 Å². The first-order valence-electron chi connectivity index (χ1n) is 9.64. The summed E-state index contributed by atoms with van der Waals surface area (Å²) in [5.41, 5.74) is 6.58. The SMILES string of the molecule is CN=CC(=CN)Nc1ncnc(-c2ccc(C(C)NC(=O)OC(C)(C)C)c(C)c2F)n1. The highest BCUT2D eigenvalue weighted by molar-refractivity contribution is 5.82. The van der Waals surface area contributed by atoms with Crippen LogP contribution in [0.25, 0.3) is 11.4 Å². The molecule has 9 nitrogen and oxygen atoms in total. The number of aromatic nitrogens is 3. The van der Waals surface area contributed by atoms with Gasteiger partial charge >= 0.3 is 6.09 Å². The Hall–Kier alpha value is -3.56. The minimum Gasteiger partial charge on any atom is -0.444 e. The van der Waals surface area contributed by atoms with Crippen LogP contribution in [0.2, 0.25) is 0 Å². The number of hydrogen-bond donors (Lipinski definition) is 3. The lowest BCUT2D eigenvalue weighted by molar-refractivity contribution is 0.0507. The lowest BCUT2D eigenvalue weighted by Crippen LogP contribution is -2.34. The molecule has 4 N–H and O–H groups in total. The first-order chi connectivity index (χ1) is 14.6. The number of nitrogens with one attached hydrogen (secondary N) is 2. The Bertz CT molecular complexity index is 1000. The molecule has 0 aliphatic rings. The second-order valence-corrected chi connectivity index (χ2v) is 7.78. The average molecular weight is 430 g/mol. The van der Waals surface area contributed by atoms with Gasteiger partial charge < -0.3 is 21.1 Å². The van der Waals surface area contributed by atoms with E-state index < -0.39 is 23.6 Å². The number of benzene rings is 1. The van der Waals surface area contributed by atoms with Crippen molar-refractivity contribution in [2.45, 2.75) is 46.3 Å². The average Bonchev–Trinajstić information content (AvgIpc) is 2.68. The van der Waals surface area contributed by atoms with Crippen LogP contribution in [0.15, 0.2) is 35.3 Å². The van der Waals surface area contributed by atoms with Crippen LogP contribution in [0.5, 0.6) is 0 Å². The van der Waals surface area contributed by atoms with Crippen LogP contribution in [-0.4, -0.2) is 39.9 Å². The lowest BCUT2D eigenvalue weighted by Gasteiger charge is -2.23. The molecule has 0 fully saturated rings. The Labute approximate surface area is 181 Å². The van der Waals surface area contributed by atoms with E-state index in [0.29, 0.717) is 16.8 Å². The molecule has 31 heavy (non-hydrogen) atoms. The number of ether oxygens (including phenoxy) is 1. The van der Waals surface area contributed by atoms with Gasteiger partial charge in [0.2, 0.25) is 5.95 Å². The maximum absolute atomic E-state index is 15.2. The molecule has 1 heterocycles. The fourth-order valence-corrected chi connectivity index (χ4v) is 2.78. The van der Waals surface area contributed by atoms with E-state index in [1.165, 1.54) is 18.7 Å². The molecule has 0 aliphatic heterocycles. The van der Waals surface area contributed by atoms with Gasteiger partial charge in [0, 0.05) is 19.5 Å². The largest absolute Gasteiger partial charge is 0.444 e. The fourth-order valence-electron chi connectivity index (χ4n) is 2.78. The molecular weight excluding hydrogens is 401 g/mol. The highest BCUT2D eigenvalue weighted by Crippen LogP contribution is 2.28. The summed E-state index contributed by atoms with van der Waals surface area (Å²) in [6.07, 6.45) is 3.52. The van der Waals surface area contributed by atoms with E-state index in [9.17, 15) is 4.79 Å². The summed E-state index contributed by atoms with van der Waals surface area (Å²) >= 11 is 0. The molecule has 0 radical (unpaired) electrons. The quantitative estimate of drug-likeness (QED) is 0.600. The summed E-state index contributed by atoms with van der Waals surface area (Å²) < 4.78 is 20.4. The molecule has 1 aromatic carbocycles. The number of alkyl carbamates (subject to hydrolysis) is 1. The van der Waals surface area contributed by atoms with Crippen molar-refractivity contribution >= 4 is 18.3 Å². The van der Waals surface area contributed by atoms with Gasteiger partial charge in [0.05, 0.1) is 17.3 Å². The maximum atomic E-state index is 15.2. The molecular formula is C21H28FN7O2. The van der Waals surface area contributed by atoms with E-state index in [-0.39, 0.29) is 17.3 Å². The molecule has 1 atom stereocenters. The molecule has 0 spiro atoms. The number of halogens is 1. The molecule has 0 saturated carbocycles. The molecule has 1 aromatic heterocycles. The van der Waals surface area contributed by atoms with Gasteiger partial charge in [-0.2, -0.15) is 4.98 Å². The number of anilines is 1. The zero-order valence-electron chi connectivity index (χ0n) is 18.5. The normalized spacial score (nSPS) is 13.2. The van der Waals surface area contributed by atoms with Gasteiger partial charge in [0.1, 0.15) is 17.7 Å². The Morgan fingerprint density at radius 3 is 2.65 bits per heavy atom. The number of nitrogens with two attached hydrogens (primary N) is 1. The molecule has 166 valence electrons. The summed E-state index contributed by atoms with van der Waals surface area (Å²) in [5, 5.41) is 5.60. The van der Waals surface area contributed by atoms with Crippen LogP contribution in [0.3, 0.4) is 0 Å². The molecule has 2 aromatic rings. The predicted octanol–water partition coefficient (Wildman–Crippen LogP) is 3.48. The standard InChI is InChI=1S/C21H28FN7O2/c1-12-15(13(2)27-20(30)31-21(3,4)5)7-8-16(17(12)22)18-25-11-26-19(29-18)28-14(9-23)10-24-6/h7-11,13H,23H2,1-6H3,(H,27,30)(H,25,26,28,29). The summed E-state index contributed by atoms with van der Waals surface area (Å²) in [7, 11) is 1.60. The van der Waals surface area contributed by atoms with Crippen molar-refractivity contribution in [3.05, 3.63) is 47.3 Å². The number of rotatable bonds is 6. The van der Waals surface area contributed by atoms with Crippen molar-refractivity contribution in [1.82, 2.24) is 20.3 Å². The second-order valence-electron chi connectivity index (χ2n) is 7.78. The molecule has 10 heteroatoms. The first-order valence-corrected chi connectivity index (χ1v) is 9.64. The number of nitrogens with zero attached hydrogens (tertiary/aromatic N) is 4. The summed E-state index contributed by atoms with van der Waals surface area (Å²) in [5.74, 6) is -0.137. The predicted molar refractivity (Wildman–Crippen MR) is 118 cm³/mol. The third-order valence-corrected chi connectivity index (χ3v) is 4.14. The Kier molecular flexibility index (Phi) is 7.62. The highest BCUT2D eigenvalue weighted by Gasteiger charge is 2.21. The van der Waals surface area contributed by atoms with Crippen LogP contribution in [0.1, 0.15) is 44.9 Å². The molecule has 1 amide bonds. The van der Waals surface area contributed by atoms with E-state index in [1.807, 2.05) is 0 Å². The first kappa shape index (κ1) is 23.7. The van der Waals surface area contributed by atoms with Crippen molar-refractivity contribution in [2.24, 2.45) is 10.7 Å². The minimum atomic E-state index is -0.625. The molecule has 2 rings (SSSR count). The van der Waals surface area contributed by atoms with Crippen LogP contribution in [0, 0.1) is 12.7 Å². The van der Waals surface area contributed by atoms with Crippen LogP contribution >= 0.6 is 0 Å². The Morgan fingerprint density at radius 1 is 1.32 bits per heavy atom. The maximum Gasteiger partial charge on any atom is 0.408 e. The van der Waals surface area contributed by atoms with E-state index in [0.717, 1.165) is 0 Å². The van der Waals surface area contributed by atoms with Gasteiger partial charge in [-0.1, -0.05) is 6.07 Å². The van der Waals surface area contributed by atoms with E-state index in [2.05, 4.69) is 30.6 Å². The van der Waals surface area contributed by atoms with Gasteiger partial charge in [0.15, 0.2) is 5.82 Å². The zero-order chi connectivity index (χ0) is 23.2. The van der Waals surface area contributed by atoms with E-state index >= 15 is 4.39 Å². The number of allylic oxidation sites excluding steroid dienone is 1. The van der Waals surface area contributed by atoms with Gasteiger partial charge in [0.25, 0.3) is 0 Å². The number of hydrogen-bond acceptors (Lipinski definition) is 8. The van der Waals surface area contributed by atoms with Crippen molar-refractivity contribution in [3.8, 4) is 11.4 Å². The van der Waals surface area contributed by atoms with Crippen molar-refractivity contribution in [1.29, 1.82) is 0 Å². The molecule has 0 aliphatic carbocycles. The minimum absolute atomic E-state index is 0.155. The van der Waals surface area contributed by atoms with Crippen LogP contribution in [-0.2, 0) is 4.74 Å². The fraction of sp³-hybridized carbons (Fsp3) is 0.381.